The number of aryl methyl sites for hydroxylation is 1. The van der Waals surface area contributed by atoms with Crippen LogP contribution < -0.4 is 5.73 Å². The average Bonchev–Trinajstić information content (AvgIpc) is 2.38. The van der Waals surface area contributed by atoms with E-state index in [4.69, 9.17) is 5.73 Å². The van der Waals surface area contributed by atoms with E-state index in [1.165, 1.54) is 36.8 Å². The summed E-state index contributed by atoms with van der Waals surface area (Å²) >= 11 is 0. The molecule has 0 spiro atoms. The molecule has 1 aromatic rings. The molecule has 1 aliphatic rings. The molecule has 1 nitrogen and oxygen atoms in total. The number of nitrogens with two attached hydrogens (primary N) is 1. The van der Waals surface area contributed by atoms with Crippen molar-refractivity contribution in [3.63, 3.8) is 0 Å². The summed E-state index contributed by atoms with van der Waals surface area (Å²) in [4.78, 5) is 0. The van der Waals surface area contributed by atoms with Crippen molar-refractivity contribution in [3.05, 3.63) is 35.4 Å². The maximum absolute atomic E-state index is 6.49. The standard InChI is InChI=1S/C17H27N/c1-12(2)14-8-10-15(11-9-14)17(18)16-7-5-4-6-13(16)3/h4-7,12,14-15,17H,8-11,18H2,1-3H3. The smallest absolute Gasteiger partial charge is 0.0326 e. The van der Waals surface area contributed by atoms with E-state index in [1.54, 1.807) is 0 Å². The number of benzene rings is 1. The Hall–Kier alpha value is -0.820. The van der Waals surface area contributed by atoms with Gasteiger partial charge in [0.2, 0.25) is 0 Å². The minimum absolute atomic E-state index is 0.235. The molecule has 2 rings (SSSR count). The normalized spacial score (nSPS) is 26.3. The van der Waals surface area contributed by atoms with Crippen LogP contribution in [0, 0.1) is 24.7 Å². The van der Waals surface area contributed by atoms with E-state index in [0.29, 0.717) is 5.92 Å². The van der Waals surface area contributed by atoms with Gasteiger partial charge in [-0.1, -0.05) is 38.1 Å². The highest BCUT2D eigenvalue weighted by Gasteiger charge is 2.28. The predicted octanol–water partition coefficient (Wildman–Crippen LogP) is 4.46. The highest BCUT2D eigenvalue weighted by atomic mass is 14.7. The van der Waals surface area contributed by atoms with Crippen molar-refractivity contribution in [3.8, 4) is 0 Å². The zero-order valence-corrected chi connectivity index (χ0v) is 12.0. The Morgan fingerprint density at radius 3 is 2.11 bits per heavy atom. The molecule has 2 N–H and O–H groups in total. The largest absolute Gasteiger partial charge is 0.324 e. The first kappa shape index (κ1) is 13.6. The van der Waals surface area contributed by atoms with Gasteiger partial charge in [0.15, 0.2) is 0 Å². The second-order valence-corrected chi connectivity index (χ2v) is 6.30. The van der Waals surface area contributed by atoms with Crippen molar-refractivity contribution in [2.45, 2.75) is 52.5 Å². The summed E-state index contributed by atoms with van der Waals surface area (Å²) < 4.78 is 0. The predicted molar refractivity (Wildman–Crippen MR) is 78.4 cm³/mol. The highest BCUT2D eigenvalue weighted by molar-refractivity contribution is 5.29. The quantitative estimate of drug-likeness (QED) is 0.836. The van der Waals surface area contributed by atoms with Crippen LogP contribution >= 0.6 is 0 Å². The zero-order valence-electron chi connectivity index (χ0n) is 12.0. The Balaban J connectivity index is 2.00. The van der Waals surface area contributed by atoms with E-state index in [-0.39, 0.29) is 6.04 Å². The van der Waals surface area contributed by atoms with Crippen LogP contribution in [0.25, 0.3) is 0 Å². The molecule has 1 atom stereocenters. The lowest BCUT2D eigenvalue weighted by Crippen LogP contribution is -2.28. The zero-order chi connectivity index (χ0) is 13.1. The Bertz CT molecular complexity index is 375. The molecule has 18 heavy (non-hydrogen) atoms. The van der Waals surface area contributed by atoms with Gasteiger partial charge < -0.3 is 5.73 Å². The van der Waals surface area contributed by atoms with Crippen LogP contribution in [0.4, 0.5) is 0 Å². The van der Waals surface area contributed by atoms with Gasteiger partial charge in [-0.2, -0.15) is 0 Å². The van der Waals surface area contributed by atoms with Crippen LogP contribution in [0.3, 0.4) is 0 Å². The maximum atomic E-state index is 6.49. The monoisotopic (exact) mass is 245 g/mol. The lowest BCUT2D eigenvalue weighted by molar-refractivity contribution is 0.203. The third-order valence-electron chi connectivity index (χ3n) is 4.81. The van der Waals surface area contributed by atoms with Gasteiger partial charge in [0.05, 0.1) is 0 Å². The topological polar surface area (TPSA) is 26.0 Å². The molecule has 0 bridgehead atoms. The third-order valence-corrected chi connectivity index (χ3v) is 4.81. The van der Waals surface area contributed by atoms with Gasteiger partial charge in [0.1, 0.15) is 0 Å². The lowest BCUT2D eigenvalue weighted by Gasteiger charge is -2.34. The van der Waals surface area contributed by atoms with Crippen molar-refractivity contribution >= 4 is 0 Å². The molecule has 1 fully saturated rings. The lowest BCUT2D eigenvalue weighted by atomic mass is 9.73. The molecular formula is C17H27N. The van der Waals surface area contributed by atoms with Crippen molar-refractivity contribution in [1.29, 1.82) is 0 Å². The minimum Gasteiger partial charge on any atom is -0.324 e. The SMILES string of the molecule is Cc1ccccc1C(N)C1CCC(C(C)C)CC1. The van der Waals surface area contributed by atoms with Crippen LogP contribution in [0.15, 0.2) is 24.3 Å². The first-order chi connectivity index (χ1) is 8.59. The van der Waals surface area contributed by atoms with Crippen LogP contribution in [0.2, 0.25) is 0 Å². The summed E-state index contributed by atoms with van der Waals surface area (Å²) in [6, 6.07) is 8.83. The van der Waals surface area contributed by atoms with Crippen molar-refractivity contribution in [1.82, 2.24) is 0 Å². The Morgan fingerprint density at radius 1 is 1.00 bits per heavy atom. The second-order valence-electron chi connectivity index (χ2n) is 6.30. The average molecular weight is 245 g/mol. The van der Waals surface area contributed by atoms with Crippen LogP contribution in [-0.2, 0) is 0 Å². The van der Waals surface area contributed by atoms with Crippen LogP contribution in [0.5, 0.6) is 0 Å². The molecule has 0 aromatic heterocycles. The Morgan fingerprint density at radius 2 is 1.56 bits per heavy atom. The van der Waals surface area contributed by atoms with Crippen molar-refractivity contribution in [2.75, 3.05) is 0 Å². The minimum atomic E-state index is 0.235. The van der Waals surface area contributed by atoms with Crippen molar-refractivity contribution in [2.24, 2.45) is 23.5 Å². The van der Waals surface area contributed by atoms with Crippen molar-refractivity contribution < 1.29 is 0 Å². The van der Waals surface area contributed by atoms with E-state index in [0.717, 1.165) is 11.8 Å². The summed E-state index contributed by atoms with van der Waals surface area (Å²) in [5, 5.41) is 0. The molecule has 0 aliphatic heterocycles. The summed E-state index contributed by atoms with van der Waals surface area (Å²) in [7, 11) is 0. The fraction of sp³-hybridized carbons (Fsp3) is 0.647. The Labute approximate surface area is 112 Å². The first-order valence-corrected chi connectivity index (χ1v) is 7.40. The molecule has 1 heteroatoms. The number of hydrogen-bond donors (Lipinski definition) is 1. The fourth-order valence-corrected chi connectivity index (χ4v) is 3.39. The Kier molecular flexibility index (Phi) is 4.45. The molecule has 1 aliphatic carbocycles. The molecule has 1 aromatic carbocycles. The molecule has 0 saturated heterocycles. The summed E-state index contributed by atoms with van der Waals surface area (Å²) in [6.07, 6.45) is 5.33. The number of hydrogen-bond acceptors (Lipinski definition) is 1. The van der Waals surface area contributed by atoms with Crippen LogP contribution in [-0.4, -0.2) is 0 Å². The molecule has 0 amide bonds. The molecular weight excluding hydrogens is 218 g/mol. The van der Waals surface area contributed by atoms with Gasteiger partial charge in [-0.3, -0.25) is 0 Å². The molecule has 1 unspecified atom stereocenters. The van der Waals surface area contributed by atoms with E-state index >= 15 is 0 Å². The molecule has 0 heterocycles. The highest BCUT2D eigenvalue weighted by Crippen LogP contribution is 2.38. The molecule has 0 radical (unpaired) electrons. The van der Waals surface area contributed by atoms with Crippen LogP contribution in [0.1, 0.15) is 56.7 Å². The van der Waals surface area contributed by atoms with E-state index in [9.17, 15) is 0 Å². The summed E-state index contributed by atoms with van der Waals surface area (Å²) in [5.41, 5.74) is 9.19. The first-order valence-electron chi connectivity index (χ1n) is 7.40. The molecule has 100 valence electrons. The van der Waals surface area contributed by atoms with E-state index in [2.05, 4.69) is 45.0 Å². The number of rotatable bonds is 3. The fourth-order valence-electron chi connectivity index (χ4n) is 3.39. The van der Waals surface area contributed by atoms with Gasteiger partial charge >= 0.3 is 0 Å². The maximum Gasteiger partial charge on any atom is 0.0326 e. The van der Waals surface area contributed by atoms with Gasteiger partial charge in [0, 0.05) is 6.04 Å². The third kappa shape index (κ3) is 2.95. The van der Waals surface area contributed by atoms with Gasteiger partial charge in [-0.15, -0.1) is 0 Å². The van der Waals surface area contributed by atoms with Gasteiger partial charge in [-0.05, 0) is 61.5 Å². The summed E-state index contributed by atoms with van der Waals surface area (Å²) in [6.45, 7) is 6.88. The summed E-state index contributed by atoms with van der Waals surface area (Å²) in [5.74, 6) is 2.44. The molecule has 1 saturated carbocycles. The van der Waals surface area contributed by atoms with Gasteiger partial charge in [-0.25, -0.2) is 0 Å². The van der Waals surface area contributed by atoms with Gasteiger partial charge in [0.25, 0.3) is 0 Å². The van der Waals surface area contributed by atoms with E-state index < -0.39 is 0 Å². The second kappa shape index (κ2) is 5.88. The van der Waals surface area contributed by atoms with E-state index in [1.807, 2.05) is 0 Å².